The quantitative estimate of drug-likeness (QED) is 0.642. The van der Waals surface area contributed by atoms with Gasteiger partial charge in [-0.3, -0.25) is 0 Å². The molecule has 0 radical (unpaired) electrons. The van der Waals surface area contributed by atoms with E-state index in [1.165, 1.54) is 0 Å². The Bertz CT molecular complexity index is 127. The van der Waals surface area contributed by atoms with Gasteiger partial charge in [-0.1, -0.05) is 33.6 Å². The van der Waals surface area contributed by atoms with E-state index in [9.17, 15) is 5.11 Å². The summed E-state index contributed by atoms with van der Waals surface area (Å²) >= 11 is 0. The third-order valence-corrected chi connectivity index (χ3v) is 2.98. The lowest BCUT2D eigenvalue weighted by molar-refractivity contribution is -0.0305. The third-order valence-electron chi connectivity index (χ3n) is 2.98. The van der Waals surface area contributed by atoms with Gasteiger partial charge in [0, 0.05) is 0 Å². The minimum Gasteiger partial charge on any atom is -0.390 e. The van der Waals surface area contributed by atoms with Crippen molar-refractivity contribution in [3.05, 3.63) is 0 Å². The monoisotopic (exact) mass is 187 g/mol. The summed E-state index contributed by atoms with van der Waals surface area (Å²) in [7, 11) is 0. The lowest BCUT2D eigenvalue weighted by Gasteiger charge is -2.34. The van der Waals surface area contributed by atoms with Crippen molar-refractivity contribution in [1.82, 2.24) is 0 Å². The molecule has 0 fully saturated rings. The standard InChI is InChI=1S/C11H25NO/c1-4-7-10(9-12)11(13,6-3)8-5-2/h10,13H,4-9,12H2,1-3H3. The molecule has 0 bridgehead atoms. The Morgan fingerprint density at radius 2 is 1.85 bits per heavy atom. The van der Waals surface area contributed by atoms with E-state index in [2.05, 4.69) is 13.8 Å². The molecule has 0 aliphatic carbocycles. The largest absolute Gasteiger partial charge is 0.390 e. The summed E-state index contributed by atoms with van der Waals surface area (Å²) in [6, 6.07) is 0. The smallest absolute Gasteiger partial charge is 0.0685 e. The summed E-state index contributed by atoms with van der Waals surface area (Å²) in [5, 5.41) is 10.3. The van der Waals surface area contributed by atoms with E-state index in [1.54, 1.807) is 0 Å². The molecular formula is C11H25NO. The van der Waals surface area contributed by atoms with Crippen molar-refractivity contribution >= 4 is 0 Å². The van der Waals surface area contributed by atoms with E-state index in [0.717, 1.165) is 32.1 Å². The van der Waals surface area contributed by atoms with Crippen molar-refractivity contribution in [2.45, 2.75) is 58.5 Å². The third kappa shape index (κ3) is 3.65. The average Bonchev–Trinajstić information content (AvgIpc) is 2.14. The summed E-state index contributed by atoms with van der Waals surface area (Å²) < 4.78 is 0. The Hall–Kier alpha value is -0.0800. The Morgan fingerprint density at radius 1 is 1.23 bits per heavy atom. The molecule has 0 amide bonds. The molecule has 2 atom stereocenters. The van der Waals surface area contributed by atoms with Crippen molar-refractivity contribution in [2.75, 3.05) is 6.54 Å². The van der Waals surface area contributed by atoms with Gasteiger partial charge in [-0.2, -0.15) is 0 Å². The fourth-order valence-electron chi connectivity index (χ4n) is 2.06. The van der Waals surface area contributed by atoms with Crippen LogP contribution >= 0.6 is 0 Å². The predicted molar refractivity (Wildman–Crippen MR) is 57.6 cm³/mol. The van der Waals surface area contributed by atoms with Crippen LogP contribution in [0.2, 0.25) is 0 Å². The molecule has 0 saturated heterocycles. The zero-order chi connectivity index (χ0) is 10.3. The van der Waals surface area contributed by atoms with Crippen molar-refractivity contribution in [1.29, 1.82) is 0 Å². The van der Waals surface area contributed by atoms with Crippen LogP contribution in [0.5, 0.6) is 0 Å². The van der Waals surface area contributed by atoms with Crippen LogP contribution in [0.15, 0.2) is 0 Å². The molecule has 0 aliphatic heterocycles. The topological polar surface area (TPSA) is 46.2 Å². The van der Waals surface area contributed by atoms with E-state index >= 15 is 0 Å². The molecule has 2 nitrogen and oxygen atoms in total. The first kappa shape index (κ1) is 12.9. The summed E-state index contributed by atoms with van der Waals surface area (Å²) in [6.45, 7) is 6.91. The molecule has 0 rings (SSSR count). The minimum absolute atomic E-state index is 0.280. The van der Waals surface area contributed by atoms with Gasteiger partial charge in [0.1, 0.15) is 0 Å². The maximum absolute atomic E-state index is 10.3. The summed E-state index contributed by atoms with van der Waals surface area (Å²) in [5.74, 6) is 0.280. The second-order valence-corrected chi connectivity index (χ2v) is 3.93. The van der Waals surface area contributed by atoms with E-state index < -0.39 is 5.60 Å². The normalized spacial score (nSPS) is 18.2. The molecule has 0 aromatic rings. The average molecular weight is 187 g/mol. The van der Waals surface area contributed by atoms with Crippen molar-refractivity contribution < 1.29 is 5.11 Å². The van der Waals surface area contributed by atoms with Crippen LogP contribution in [0.1, 0.15) is 52.9 Å². The molecule has 0 spiro atoms. The molecule has 0 aromatic heterocycles. The van der Waals surface area contributed by atoms with Gasteiger partial charge in [0.25, 0.3) is 0 Å². The van der Waals surface area contributed by atoms with E-state index in [1.807, 2.05) is 6.92 Å². The van der Waals surface area contributed by atoms with Gasteiger partial charge in [0.2, 0.25) is 0 Å². The van der Waals surface area contributed by atoms with Crippen molar-refractivity contribution in [2.24, 2.45) is 11.7 Å². The lowest BCUT2D eigenvalue weighted by atomic mass is 9.79. The first-order valence-electron chi connectivity index (χ1n) is 5.57. The first-order chi connectivity index (χ1) is 6.14. The van der Waals surface area contributed by atoms with Crippen LogP contribution in [0.3, 0.4) is 0 Å². The van der Waals surface area contributed by atoms with E-state index in [4.69, 9.17) is 5.73 Å². The first-order valence-corrected chi connectivity index (χ1v) is 5.57. The lowest BCUT2D eigenvalue weighted by Crippen LogP contribution is -2.41. The molecule has 3 N–H and O–H groups in total. The Kier molecular flexibility index (Phi) is 6.35. The van der Waals surface area contributed by atoms with Gasteiger partial charge in [0.15, 0.2) is 0 Å². The fourth-order valence-corrected chi connectivity index (χ4v) is 2.06. The van der Waals surface area contributed by atoms with Crippen LogP contribution in [0, 0.1) is 5.92 Å². The SMILES string of the molecule is CCCC(CN)C(O)(CC)CCC. The van der Waals surface area contributed by atoms with Crippen LogP contribution in [-0.2, 0) is 0 Å². The minimum atomic E-state index is -0.514. The molecule has 0 aliphatic rings. The van der Waals surface area contributed by atoms with E-state index in [0.29, 0.717) is 6.54 Å². The molecule has 0 heterocycles. The Labute approximate surface area is 82.5 Å². The molecule has 13 heavy (non-hydrogen) atoms. The van der Waals surface area contributed by atoms with Gasteiger partial charge in [-0.15, -0.1) is 0 Å². The van der Waals surface area contributed by atoms with Gasteiger partial charge in [-0.25, -0.2) is 0 Å². The summed E-state index contributed by atoms with van der Waals surface area (Å²) in [5.41, 5.74) is 5.18. The fraction of sp³-hybridized carbons (Fsp3) is 1.00. The Morgan fingerprint density at radius 3 is 2.15 bits per heavy atom. The van der Waals surface area contributed by atoms with Crippen LogP contribution in [0.4, 0.5) is 0 Å². The number of rotatable bonds is 7. The predicted octanol–water partition coefficient (Wildman–Crippen LogP) is 2.30. The molecule has 2 unspecified atom stereocenters. The highest BCUT2D eigenvalue weighted by Crippen LogP contribution is 2.29. The molecule has 0 aromatic carbocycles. The van der Waals surface area contributed by atoms with Gasteiger partial charge < -0.3 is 10.8 Å². The number of hydrogen-bond acceptors (Lipinski definition) is 2. The van der Waals surface area contributed by atoms with Crippen LogP contribution in [-0.4, -0.2) is 17.3 Å². The maximum Gasteiger partial charge on any atom is 0.0685 e. The number of aliphatic hydroxyl groups is 1. The van der Waals surface area contributed by atoms with Crippen LogP contribution < -0.4 is 5.73 Å². The van der Waals surface area contributed by atoms with Gasteiger partial charge in [-0.05, 0) is 31.7 Å². The molecule has 0 saturated carbocycles. The zero-order valence-corrected chi connectivity index (χ0v) is 9.34. The van der Waals surface area contributed by atoms with Crippen LogP contribution in [0.25, 0.3) is 0 Å². The molecular weight excluding hydrogens is 162 g/mol. The van der Waals surface area contributed by atoms with Crippen molar-refractivity contribution in [3.63, 3.8) is 0 Å². The second-order valence-electron chi connectivity index (χ2n) is 3.93. The second kappa shape index (κ2) is 6.39. The highest BCUT2D eigenvalue weighted by Gasteiger charge is 2.32. The summed E-state index contributed by atoms with van der Waals surface area (Å²) in [6.07, 6.45) is 4.88. The highest BCUT2D eigenvalue weighted by molar-refractivity contribution is 4.85. The molecule has 80 valence electrons. The molecule has 2 heteroatoms. The highest BCUT2D eigenvalue weighted by atomic mass is 16.3. The zero-order valence-electron chi connectivity index (χ0n) is 9.34. The maximum atomic E-state index is 10.3. The van der Waals surface area contributed by atoms with Gasteiger partial charge >= 0.3 is 0 Å². The van der Waals surface area contributed by atoms with E-state index in [-0.39, 0.29) is 5.92 Å². The Balaban J connectivity index is 4.29. The number of hydrogen-bond donors (Lipinski definition) is 2. The van der Waals surface area contributed by atoms with Crippen molar-refractivity contribution in [3.8, 4) is 0 Å². The van der Waals surface area contributed by atoms with Gasteiger partial charge in [0.05, 0.1) is 5.60 Å². The summed E-state index contributed by atoms with van der Waals surface area (Å²) in [4.78, 5) is 0. The number of nitrogens with two attached hydrogens (primary N) is 1.